The van der Waals surface area contributed by atoms with E-state index >= 15 is 0 Å². The third-order valence-electron chi connectivity index (χ3n) is 20.3. The molecular formula is C84H178O6P2. The molecule has 0 aromatic heterocycles. The van der Waals surface area contributed by atoms with Gasteiger partial charge in [-0.05, 0) is 0 Å². The maximum atomic E-state index is 12.6. The van der Waals surface area contributed by atoms with E-state index in [0.717, 1.165) is 76.0 Å². The van der Waals surface area contributed by atoms with Gasteiger partial charge in [0.1, 0.15) is 0 Å². The van der Waals surface area contributed by atoms with E-state index in [2.05, 4.69) is 55.4 Å². The molecule has 0 unspecified atom stereocenters. The predicted octanol–water partition coefficient (Wildman–Crippen LogP) is 31.3. The zero-order chi connectivity index (χ0) is 67.5. The molecule has 0 amide bonds. The first-order chi connectivity index (χ1) is 45.1. The van der Waals surface area contributed by atoms with Crippen LogP contribution in [-0.2, 0) is 18.1 Å². The van der Waals surface area contributed by atoms with Gasteiger partial charge in [0.15, 0.2) is 0 Å². The van der Waals surface area contributed by atoms with Crippen LogP contribution in [0.15, 0.2) is 0 Å². The summed E-state index contributed by atoms with van der Waals surface area (Å²) in [6.45, 7) is 21.0. The van der Waals surface area contributed by atoms with Crippen LogP contribution in [-0.4, -0.2) is 60.9 Å². The molecule has 0 atom stereocenters. The van der Waals surface area contributed by atoms with Crippen LogP contribution in [0.3, 0.4) is 0 Å². The molecule has 0 aromatic rings. The average Bonchev–Trinajstić information content (AvgIpc) is 0.879. The number of hydrogen-bond donors (Lipinski definition) is 2. The minimum absolute atomic E-state index is 0.674. The molecule has 0 aromatic carbocycles. The fraction of sp³-hybridized carbons (Fsp3) is 1.00. The van der Waals surface area contributed by atoms with E-state index in [1.165, 1.54) is 385 Å². The second-order valence-corrected chi connectivity index (χ2v) is 37.8. The van der Waals surface area contributed by atoms with Crippen LogP contribution in [0.4, 0.5) is 0 Å². The van der Waals surface area contributed by atoms with Crippen molar-refractivity contribution in [3.63, 3.8) is 0 Å². The Labute approximate surface area is 582 Å². The van der Waals surface area contributed by atoms with Gasteiger partial charge in [-0.2, -0.15) is 0 Å². The van der Waals surface area contributed by atoms with Crippen LogP contribution in [0, 0.1) is 0 Å². The van der Waals surface area contributed by atoms with E-state index in [1.807, 2.05) is 0 Å². The summed E-state index contributed by atoms with van der Waals surface area (Å²) in [5.74, 6) is 0. The molecule has 0 aliphatic carbocycles. The Kier molecular flexibility index (Phi) is 76.5. The van der Waals surface area contributed by atoms with Crippen molar-refractivity contribution < 1.29 is 27.9 Å². The topological polar surface area (TPSA) is 77.4 Å². The van der Waals surface area contributed by atoms with Crippen molar-refractivity contribution in [3.8, 4) is 0 Å². The molecular weight excluding hydrogens is 1170 g/mol. The molecule has 0 saturated carbocycles. The van der Waals surface area contributed by atoms with Crippen molar-refractivity contribution in [2.45, 2.75) is 492 Å². The second-order valence-electron chi connectivity index (χ2n) is 30.0. The molecule has 8 heteroatoms. The molecule has 0 aliphatic rings. The number of hydrogen-bond acceptors (Lipinski definition) is 6. The fourth-order valence-electron chi connectivity index (χ4n) is 13.8. The van der Waals surface area contributed by atoms with Gasteiger partial charge in [-0.3, -0.25) is 0 Å². The van der Waals surface area contributed by atoms with Gasteiger partial charge in [0.25, 0.3) is 0 Å². The van der Waals surface area contributed by atoms with E-state index in [0.29, 0.717) is 26.4 Å². The molecule has 92 heavy (non-hydrogen) atoms. The Morgan fingerprint density at radius 2 is 0.239 bits per heavy atom. The Hall–Kier alpha value is 0.620. The monoisotopic (exact) mass is 1350 g/mol. The molecule has 0 bridgehead atoms. The molecule has 0 radical (unpaired) electrons. The first kappa shape index (κ1) is 94.7. The third kappa shape index (κ3) is 66.5. The van der Waals surface area contributed by atoms with E-state index in [9.17, 15) is 9.79 Å². The molecule has 0 heterocycles. The zero-order valence-corrected chi connectivity index (χ0v) is 67.0. The summed E-state index contributed by atoms with van der Waals surface area (Å²) in [6, 6.07) is 0. The fourth-order valence-corrected chi connectivity index (χ4v) is 21.0. The van der Waals surface area contributed by atoms with Crippen molar-refractivity contribution in [3.05, 3.63) is 0 Å². The van der Waals surface area contributed by atoms with Gasteiger partial charge in [0, 0.05) is 0 Å². The van der Waals surface area contributed by atoms with Crippen LogP contribution in [0.25, 0.3) is 0 Å². The zero-order valence-electron chi connectivity index (χ0n) is 65.2. The third-order valence-corrected chi connectivity index (χ3v) is 28.2. The van der Waals surface area contributed by atoms with Crippen LogP contribution in [0.2, 0.25) is 0 Å². The van der Waals surface area contributed by atoms with E-state index in [1.54, 1.807) is 0 Å². The quantitative estimate of drug-likeness (QED) is 0.0467. The molecule has 0 saturated heterocycles. The number of rotatable bonds is 80. The summed E-state index contributed by atoms with van der Waals surface area (Å²) in [5, 5.41) is 0. The SMILES string of the molecule is CCCCCCCCCCCCCP(O)(CCCCCCCCCCCCC)(OCCCCCCCC)OCCCCCCCC.CCCCCCCCCCCCCP(O)(CCCCCCCCCCCCC)(OCCCCCCCC)OCCCCCCCC. The van der Waals surface area contributed by atoms with Crippen molar-refractivity contribution in [1.82, 2.24) is 0 Å². The Balaban J connectivity index is 0. The maximum absolute atomic E-state index is 12.6. The summed E-state index contributed by atoms with van der Waals surface area (Å²) < 4.78 is 26.9. The molecule has 0 fully saturated rings. The Morgan fingerprint density at radius 3 is 0.359 bits per heavy atom. The van der Waals surface area contributed by atoms with Gasteiger partial charge in [-0.1, -0.05) is 27.7 Å². The summed E-state index contributed by atoms with van der Waals surface area (Å²) in [7, 11) is -7.27. The first-order valence-corrected chi connectivity index (χ1v) is 48.0. The van der Waals surface area contributed by atoms with E-state index in [-0.39, 0.29) is 0 Å². The molecule has 0 spiro atoms. The van der Waals surface area contributed by atoms with Crippen molar-refractivity contribution in [2.75, 3.05) is 51.1 Å². The number of unbranched alkanes of at least 4 members (excludes halogenated alkanes) is 60. The summed E-state index contributed by atoms with van der Waals surface area (Å²) in [6.07, 6.45) is 91.4. The molecule has 560 valence electrons. The van der Waals surface area contributed by atoms with Crippen molar-refractivity contribution >= 4 is 14.6 Å². The van der Waals surface area contributed by atoms with Gasteiger partial charge < -0.3 is 0 Å². The average molecular weight is 1350 g/mol. The second kappa shape index (κ2) is 74.3. The van der Waals surface area contributed by atoms with Crippen molar-refractivity contribution in [1.29, 1.82) is 0 Å². The standard InChI is InChI=1S/2C42H89O3P/c2*1-5-9-13-17-21-23-25-27-29-33-37-41-46(43,44-39-35-31-19-15-11-7-3,45-40-36-32-20-16-12-8-4)42-38-34-30-28-26-24-22-18-14-10-6-2/h2*43H,5-42H2,1-4H3. The van der Waals surface area contributed by atoms with Crippen LogP contribution >= 0.6 is 14.6 Å². The van der Waals surface area contributed by atoms with Crippen LogP contribution < -0.4 is 0 Å². The van der Waals surface area contributed by atoms with Crippen LogP contribution in [0.5, 0.6) is 0 Å². The van der Waals surface area contributed by atoms with Crippen molar-refractivity contribution in [2.24, 2.45) is 0 Å². The summed E-state index contributed by atoms with van der Waals surface area (Å²) in [4.78, 5) is 25.3. The summed E-state index contributed by atoms with van der Waals surface area (Å²) >= 11 is 0. The Bertz CT molecular complexity index is 1170. The van der Waals surface area contributed by atoms with Gasteiger partial charge >= 0.3 is 558 Å². The van der Waals surface area contributed by atoms with E-state index in [4.69, 9.17) is 18.1 Å². The molecule has 0 rings (SSSR count). The van der Waals surface area contributed by atoms with Gasteiger partial charge in [0.2, 0.25) is 0 Å². The van der Waals surface area contributed by atoms with Gasteiger partial charge in [-0.25, -0.2) is 0 Å². The van der Waals surface area contributed by atoms with Gasteiger partial charge in [-0.15, -0.1) is 0 Å². The molecule has 6 nitrogen and oxygen atoms in total. The normalized spacial score (nSPS) is 12.9. The predicted molar refractivity (Wildman–Crippen MR) is 421 cm³/mol. The minimum atomic E-state index is -3.64. The molecule has 2 N–H and O–H groups in total. The Morgan fingerprint density at radius 1 is 0.141 bits per heavy atom. The van der Waals surface area contributed by atoms with Crippen LogP contribution in [0.1, 0.15) is 492 Å². The first-order valence-electron chi connectivity index (χ1n) is 43.2. The van der Waals surface area contributed by atoms with Gasteiger partial charge in [0.05, 0.1) is 0 Å². The summed E-state index contributed by atoms with van der Waals surface area (Å²) in [5.41, 5.74) is 0. The van der Waals surface area contributed by atoms with E-state index < -0.39 is 14.6 Å². The molecule has 0 aliphatic heterocycles.